The number of rotatable bonds is 6. The Morgan fingerprint density at radius 2 is 2.00 bits per heavy atom. The van der Waals surface area contributed by atoms with Crippen LogP contribution in [-0.2, 0) is 14.3 Å². The maximum Gasteiger partial charge on any atom is 0.322 e. The predicted molar refractivity (Wildman–Crippen MR) is 50.3 cm³/mol. The molecule has 4 nitrogen and oxygen atoms in total. The molecule has 0 rings (SSSR count). The zero-order valence-corrected chi connectivity index (χ0v) is 8.58. The maximum absolute atomic E-state index is 11.0. The average molecular weight is 189 g/mol. The van der Waals surface area contributed by atoms with Gasteiger partial charge in [0.25, 0.3) is 0 Å². The lowest BCUT2D eigenvalue weighted by Crippen LogP contribution is -2.32. The molecule has 0 bridgehead atoms. The molecule has 0 aliphatic heterocycles. The average Bonchev–Trinajstić information content (AvgIpc) is 2.10. The standard InChI is InChI=1S/C9H19NO3/c1-4-8(10)9(11)13-6-5-12-7(2)3/h7-8H,4-6,10H2,1-3H3/t8-/m1/s1. The van der Waals surface area contributed by atoms with Crippen molar-refractivity contribution in [2.24, 2.45) is 5.73 Å². The van der Waals surface area contributed by atoms with Gasteiger partial charge in [-0.3, -0.25) is 4.79 Å². The highest BCUT2D eigenvalue weighted by Gasteiger charge is 2.11. The van der Waals surface area contributed by atoms with Crippen molar-refractivity contribution in [3.63, 3.8) is 0 Å². The van der Waals surface area contributed by atoms with Crippen LogP contribution < -0.4 is 5.73 Å². The summed E-state index contributed by atoms with van der Waals surface area (Å²) in [5, 5.41) is 0. The lowest BCUT2D eigenvalue weighted by Gasteiger charge is -2.10. The third-order valence-electron chi connectivity index (χ3n) is 1.52. The second-order valence-corrected chi connectivity index (χ2v) is 3.10. The highest BCUT2D eigenvalue weighted by Crippen LogP contribution is 1.92. The fraction of sp³-hybridized carbons (Fsp3) is 0.889. The van der Waals surface area contributed by atoms with E-state index in [9.17, 15) is 4.79 Å². The van der Waals surface area contributed by atoms with Gasteiger partial charge in [0.05, 0.1) is 12.7 Å². The molecule has 4 heteroatoms. The molecule has 0 unspecified atom stereocenters. The molecule has 0 saturated carbocycles. The first-order valence-corrected chi connectivity index (χ1v) is 4.61. The van der Waals surface area contributed by atoms with E-state index in [0.29, 0.717) is 13.0 Å². The Hall–Kier alpha value is -0.610. The molecule has 0 amide bonds. The van der Waals surface area contributed by atoms with Gasteiger partial charge in [0.2, 0.25) is 0 Å². The number of carbonyl (C=O) groups excluding carboxylic acids is 1. The second kappa shape index (κ2) is 6.86. The first kappa shape index (κ1) is 12.4. The molecule has 0 aliphatic rings. The SMILES string of the molecule is CC[C@@H](N)C(=O)OCCOC(C)C. The number of nitrogens with two attached hydrogens (primary N) is 1. The maximum atomic E-state index is 11.0. The van der Waals surface area contributed by atoms with E-state index in [1.54, 1.807) is 0 Å². The molecule has 0 aromatic rings. The molecule has 0 heterocycles. The summed E-state index contributed by atoms with van der Waals surface area (Å²) in [6, 6.07) is -0.501. The molecular weight excluding hydrogens is 170 g/mol. The third-order valence-corrected chi connectivity index (χ3v) is 1.52. The summed E-state index contributed by atoms with van der Waals surface area (Å²) in [7, 11) is 0. The molecule has 0 fully saturated rings. The van der Waals surface area contributed by atoms with Crippen LogP contribution in [0, 0.1) is 0 Å². The molecule has 2 N–H and O–H groups in total. The number of esters is 1. The zero-order valence-electron chi connectivity index (χ0n) is 8.58. The lowest BCUT2D eigenvalue weighted by atomic mass is 10.2. The Balaban J connectivity index is 3.37. The van der Waals surface area contributed by atoms with Gasteiger partial charge in [-0.05, 0) is 20.3 Å². The van der Waals surface area contributed by atoms with Gasteiger partial charge in [-0.1, -0.05) is 6.92 Å². The van der Waals surface area contributed by atoms with Crippen molar-refractivity contribution >= 4 is 5.97 Å². The highest BCUT2D eigenvalue weighted by molar-refractivity contribution is 5.75. The van der Waals surface area contributed by atoms with E-state index in [4.69, 9.17) is 15.2 Å². The molecule has 0 aromatic heterocycles. The number of ether oxygens (including phenoxy) is 2. The van der Waals surface area contributed by atoms with Crippen LogP contribution in [0.5, 0.6) is 0 Å². The topological polar surface area (TPSA) is 61.6 Å². The minimum absolute atomic E-state index is 0.165. The van der Waals surface area contributed by atoms with Crippen molar-refractivity contribution in [3.8, 4) is 0 Å². The van der Waals surface area contributed by atoms with Gasteiger partial charge in [-0.2, -0.15) is 0 Å². The molecule has 0 saturated heterocycles. The predicted octanol–water partition coefficient (Wildman–Crippen LogP) is 0.692. The van der Waals surface area contributed by atoms with E-state index >= 15 is 0 Å². The molecular formula is C9H19NO3. The van der Waals surface area contributed by atoms with E-state index in [1.807, 2.05) is 20.8 Å². The number of carbonyl (C=O) groups is 1. The first-order valence-electron chi connectivity index (χ1n) is 4.61. The molecule has 0 spiro atoms. The Morgan fingerprint density at radius 3 is 2.46 bits per heavy atom. The van der Waals surface area contributed by atoms with Gasteiger partial charge in [0, 0.05) is 0 Å². The van der Waals surface area contributed by atoms with Crippen LogP contribution in [0.15, 0.2) is 0 Å². The summed E-state index contributed by atoms with van der Waals surface area (Å²) >= 11 is 0. The summed E-state index contributed by atoms with van der Waals surface area (Å²) in [4.78, 5) is 11.0. The van der Waals surface area contributed by atoms with Crippen molar-refractivity contribution in [2.45, 2.75) is 39.3 Å². The van der Waals surface area contributed by atoms with Crippen molar-refractivity contribution in [2.75, 3.05) is 13.2 Å². The minimum Gasteiger partial charge on any atom is -0.462 e. The molecule has 0 aromatic carbocycles. The Kier molecular flexibility index (Phi) is 6.54. The summed E-state index contributed by atoms with van der Waals surface area (Å²) in [6.07, 6.45) is 0.766. The Morgan fingerprint density at radius 1 is 1.38 bits per heavy atom. The van der Waals surface area contributed by atoms with Crippen LogP contribution >= 0.6 is 0 Å². The molecule has 0 aliphatic carbocycles. The van der Waals surface area contributed by atoms with E-state index in [0.717, 1.165) is 0 Å². The van der Waals surface area contributed by atoms with Crippen molar-refractivity contribution < 1.29 is 14.3 Å². The first-order chi connectivity index (χ1) is 6.07. The van der Waals surface area contributed by atoms with Gasteiger partial charge in [-0.25, -0.2) is 0 Å². The van der Waals surface area contributed by atoms with Crippen LogP contribution in [0.2, 0.25) is 0 Å². The van der Waals surface area contributed by atoms with Gasteiger partial charge in [0.1, 0.15) is 12.6 Å². The summed E-state index contributed by atoms with van der Waals surface area (Å²) in [5.74, 6) is -0.352. The zero-order chi connectivity index (χ0) is 10.3. The fourth-order valence-electron chi connectivity index (χ4n) is 0.700. The van der Waals surface area contributed by atoms with Crippen LogP contribution in [0.25, 0.3) is 0 Å². The lowest BCUT2D eigenvalue weighted by molar-refractivity contribution is -0.147. The van der Waals surface area contributed by atoms with Crippen LogP contribution in [0.4, 0.5) is 0 Å². The van der Waals surface area contributed by atoms with Crippen LogP contribution in [0.1, 0.15) is 27.2 Å². The summed E-state index contributed by atoms with van der Waals surface area (Å²) in [5.41, 5.74) is 5.44. The molecule has 1 atom stereocenters. The van der Waals surface area contributed by atoms with E-state index in [-0.39, 0.29) is 18.7 Å². The van der Waals surface area contributed by atoms with Crippen molar-refractivity contribution in [1.29, 1.82) is 0 Å². The highest BCUT2D eigenvalue weighted by atomic mass is 16.6. The second-order valence-electron chi connectivity index (χ2n) is 3.10. The smallest absolute Gasteiger partial charge is 0.322 e. The normalized spacial score (nSPS) is 13.0. The van der Waals surface area contributed by atoms with E-state index < -0.39 is 6.04 Å². The number of hydrogen-bond donors (Lipinski definition) is 1. The summed E-state index contributed by atoms with van der Waals surface area (Å²) < 4.78 is 10.0. The largest absolute Gasteiger partial charge is 0.462 e. The molecule has 13 heavy (non-hydrogen) atoms. The fourth-order valence-corrected chi connectivity index (χ4v) is 0.700. The van der Waals surface area contributed by atoms with Gasteiger partial charge in [-0.15, -0.1) is 0 Å². The van der Waals surface area contributed by atoms with Crippen molar-refractivity contribution in [3.05, 3.63) is 0 Å². The van der Waals surface area contributed by atoms with Gasteiger partial charge in [0.15, 0.2) is 0 Å². The molecule has 78 valence electrons. The third kappa shape index (κ3) is 6.54. The van der Waals surface area contributed by atoms with Crippen LogP contribution in [0.3, 0.4) is 0 Å². The Bertz CT molecular complexity index is 148. The van der Waals surface area contributed by atoms with Crippen LogP contribution in [-0.4, -0.2) is 31.3 Å². The van der Waals surface area contributed by atoms with E-state index in [1.165, 1.54) is 0 Å². The van der Waals surface area contributed by atoms with Gasteiger partial charge < -0.3 is 15.2 Å². The van der Waals surface area contributed by atoms with Gasteiger partial charge >= 0.3 is 5.97 Å². The Labute approximate surface area is 79.4 Å². The summed E-state index contributed by atoms with van der Waals surface area (Å²) in [6.45, 7) is 6.42. The van der Waals surface area contributed by atoms with E-state index in [2.05, 4.69) is 0 Å². The molecule has 0 radical (unpaired) electrons. The minimum atomic E-state index is -0.501. The van der Waals surface area contributed by atoms with Crippen molar-refractivity contribution in [1.82, 2.24) is 0 Å². The quantitative estimate of drug-likeness (QED) is 0.493. The monoisotopic (exact) mass is 189 g/mol. The number of hydrogen-bond acceptors (Lipinski definition) is 4.